The van der Waals surface area contributed by atoms with E-state index in [9.17, 15) is 17.6 Å². The van der Waals surface area contributed by atoms with Crippen molar-refractivity contribution in [2.45, 2.75) is 30.3 Å². The molecule has 30 heavy (non-hydrogen) atoms. The van der Waals surface area contributed by atoms with E-state index >= 15 is 0 Å². The summed E-state index contributed by atoms with van der Waals surface area (Å²) < 4.78 is 42.4. The van der Waals surface area contributed by atoms with Gasteiger partial charge in [0.05, 0.1) is 16.5 Å². The minimum absolute atomic E-state index is 0.171. The van der Waals surface area contributed by atoms with E-state index in [4.69, 9.17) is 11.6 Å². The molecule has 1 amide bonds. The van der Waals surface area contributed by atoms with Crippen LogP contribution in [0.25, 0.3) is 0 Å². The highest BCUT2D eigenvalue weighted by molar-refractivity contribution is 7.92. The van der Waals surface area contributed by atoms with Gasteiger partial charge in [-0.15, -0.1) is 10.2 Å². The van der Waals surface area contributed by atoms with Crippen LogP contribution in [0.2, 0.25) is 5.02 Å². The van der Waals surface area contributed by atoms with Crippen LogP contribution < -0.4 is 10.0 Å². The molecule has 1 fully saturated rings. The van der Waals surface area contributed by atoms with Crippen molar-refractivity contribution in [2.75, 3.05) is 4.72 Å². The van der Waals surface area contributed by atoms with E-state index in [-0.39, 0.29) is 28.1 Å². The van der Waals surface area contributed by atoms with Crippen LogP contribution in [0.1, 0.15) is 35.1 Å². The summed E-state index contributed by atoms with van der Waals surface area (Å²) in [5.74, 6) is -0.338. The zero-order chi connectivity index (χ0) is 21.3. The lowest BCUT2D eigenvalue weighted by Gasteiger charge is -2.10. The quantitative estimate of drug-likeness (QED) is 0.576. The van der Waals surface area contributed by atoms with Gasteiger partial charge in [0.1, 0.15) is 12.1 Å². The Morgan fingerprint density at radius 2 is 1.93 bits per heavy atom. The van der Waals surface area contributed by atoms with E-state index in [2.05, 4.69) is 20.2 Å². The van der Waals surface area contributed by atoms with Gasteiger partial charge in [-0.1, -0.05) is 11.6 Å². The van der Waals surface area contributed by atoms with Crippen molar-refractivity contribution in [1.29, 1.82) is 0 Å². The van der Waals surface area contributed by atoms with Crippen LogP contribution >= 0.6 is 11.6 Å². The second kappa shape index (κ2) is 8.04. The van der Waals surface area contributed by atoms with Gasteiger partial charge in [0.25, 0.3) is 15.9 Å². The maximum Gasteiger partial charge on any atom is 0.261 e. The van der Waals surface area contributed by atoms with Crippen molar-refractivity contribution < 1.29 is 17.6 Å². The predicted octanol–water partition coefficient (Wildman–Crippen LogP) is 3.14. The second-order valence-corrected chi connectivity index (χ2v) is 8.92. The molecule has 1 heterocycles. The van der Waals surface area contributed by atoms with Crippen molar-refractivity contribution in [3.8, 4) is 0 Å². The number of hydrogen-bond acceptors (Lipinski definition) is 5. The van der Waals surface area contributed by atoms with Crippen LogP contribution in [0.15, 0.2) is 53.7 Å². The maximum absolute atomic E-state index is 13.3. The molecular formula is C19H17ClFN5O3S. The van der Waals surface area contributed by atoms with E-state index in [0.29, 0.717) is 17.4 Å². The maximum atomic E-state index is 13.3. The topological polar surface area (TPSA) is 106 Å². The number of amides is 1. The Balaban J connectivity index is 1.40. The standard InChI is InChI=1S/C19H17ClFN5O3S/c20-16-9-15(7-8-17(16)21)30(28,29)25-13-3-1-12(2-4-13)19(27)22-10-18-24-23-11-26(18)14-5-6-14/h1-4,7-9,11,14,25H,5-6,10H2,(H,22,27). The van der Waals surface area contributed by atoms with Gasteiger partial charge in [-0.3, -0.25) is 9.52 Å². The first-order valence-corrected chi connectivity index (χ1v) is 10.9. The molecule has 0 bridgehead atoms. The summed E-state index contributed by atoms with van der Waals surface area (Å²) in [6, 6.07) is 9.46. The molecule has 2 N–H and O–H groups in total. The Hall–Kier alpha value is -2.98. The lowest BCUT2D eigenvalue weighted by Crippen LogP contribution is -2.24. The summed E-state index contributed by atoms with van der Waals surface area (Å²) in [7, 11) is -3.95. The number of hydrogen-bond donors (Lipinski definition) is 2. The number of nitrogens with zero attached hydrogens (tertiary/aromatic N) is 3. The Morgan fingerprint density at radius 3 is 2.60 bits per heavy atom. The predicted molar refractivity (Wildman–Crippen MR) is 108 cm³/mol. The Bertz CT molecular complexity index is 1190. The smallest absolute Gasteiger partial charge is 0.261 e. The zero-order valence-electron chi connectivity index (χ0n) is 15.5. The first kappa shape index (κ1) is 20.3. The molecule has 1 saturated carbocycles. The molecule has 0 unspecified atom stereocenters. The van der Waals surface area contributed by atoms with E-state index in [1.54, 1.807) is 6.33 Å². The summed E-state index contributed by atoms with van der Waals surface area (Å²) in [5.41, 5.74) is 0.612. The summed E-state index contributed by atoms with van der Waals surface area (Å²) in [4.78, 5) is 12.2. The zero-order valence-corrected chi connectivity index (χ0v) is 17.1. The molecule has 0 saturated heterocycles. The lowest BCUT2D eigenvalue weighted by molar-refractivity contribution is 0.0949. The normalized spacial score (nSPS) is 13.8. The number of carbonyl (C=O) groups is 1. The number of benzene rings is 2. The van der Waals surface area contributed by atoms with E-state index < -0.39 is 15.8 Å². The molecule has 0 radical (unpaired) electrons. The van der Waals surface area contributed by atoms with E-state index in [1.165, 1.54) is 24.3 Å². The SMILES string of the molecule is O=C(NCc1nncn1C1CC1)c1ccc(NS(=O)(=O)c2ccc(F)c(Cl)c2)cc1. The van der Waals surface area contributed by atoms with Crippen LogP contribution in [0.4, 0.5) is 10.1 Å². The van der Waals surface area contributed by atoms with Crippen molar-refractivity contribution >= 4 is 33.2 Å². The summed E-state index contributed by atoms with van der Waals surface area (Å²) in [6.45, 7) is 0.245. The average Bonchev–Trinajstić information content (AvgIpc) is 3.46. The highest BCUT2D eigenvalue weighted by atomic mass is 35.5. The van der Waals surface area contributed by atoms with Gasteiger partial charge in [0, 0.05) is 17.3 Å². The molecule has 4 rings (SSSR count). The molecular weight excluding hydrogens is 433 g/mol. The van der Waals surface area contributed by atoms with Crippen molar-refractivity contribution in [1.82, 2.24) is 20.1 Å². The first-order chi connectivity index (χ1) is 14.3. The fraction of sp³-hybridized carbons (Fsp3) is 0.211. The van der Waals surface area contributed by atoms with Crippen LogP contribution in [0, 0.1) is 5.82 Å². The average molecular weight is 450 g/mol. The van der Waals surface area contributed by atoms with Crippen molar-refractivity contribution in [3.05, 3.63) is 71.0 Å². The van der Waals surface area contributed by atoms with Gasteiger partial charge in [0.2, 0.25) is 0 Å². The van der Waals surface area contributed by atoms with Crippen molar-refractivity contribution in [3.63, 3.8) is 0 Å². The number of rotatable bonds is 7. The molecule has 1 aliphatic carbocycles. The number of halogens is 2. The molecule has 11 heteroatoms. The summed E-state index contributed by atoms with van der Waals surface area (Å²) in [6.07, 6.45) is 3.83. The number of carbonyl (C=O) groups excluding carboxylic acids is 1. The first-order valence-electron chi connectivity index (χ1n) is 9.08. The largest absolute Gasteiger partial charge is 0.345 e. The second-order valence-electron chi connectivity index (χ2n) is 6.83. The van der Waals surface area contributed by atoms with Gasteiger partial charge >= 0.3 is 0 Å². The van der Waals surface area contributed by atoms with Gasteiger partial charge < -0.3 is 9.88 Å². The van der Waals surface area contributed by atoms with Gasteiger partial charge in [-0.05, 0) is 55.3 Å². The molecule has 3 aromatic rings. The summed E-state index contributed by atoms with van der Waals surface area (Å²) >= 11 is 5.65. The van der Waals surface area contributed by atoms with E-state index in [0.717, 1.165) is 31.0 Å². The molecule has 0 aliphatic heterocycles. The third kappa shape index (κ3) is 4.44. The molecule has 156 valence electrons. The number of nitrogens with one attached hydrogen (secondary N) is 2. The third-order valence-electron chi connectivity index (χ3n) is 4.60. The fourth-order valence-corrected chi connectivity index (χ4v) is 4.19. The molecule has 0 atom stereocenters. The number of anilines is 1. The van der Waals surface area contributed by atoms with Gasteiger partial charge in [0.15, 0.2) is 5.82 Å². The third-order valence-corrected chi connectivity index (χ3v) is 6.26. The van der Waals surface area contributed by atoms with Crippen LogP contribution in [0.5, 0.6) is 0 Å². The Labute approximate surface area is 177 Å². The van der Waals surface area contributed by atoms with Crippen LogP contribution in [0.3, 0.4) is 0 Å². The van der Waals surface area contributed by atoms with Crippen LogP contribution in [-0.4, -0.2) is 29.1 Å². The fourth-order valence-electron chi connectivity index (χ4n) is 2.86. The molecule has 1 aromatic heterocycles. The van der Waals surface area contributed by atoms with Crippen molar-refractivity contribution in [2.24, 2.45) is 0 Å². The summed E-state index contributed by atoms with van der Waals surface area (Å²) in [5, 5.41) is 10.4. The minimum atomic E-state index is -3.95. The molecule has 1 aliphatic rings. The van der Waals surface area contributed by atoms with Crippen LogP contribution in [-0.2, 0) is 16.6 Å². The molecule has 8 nitrogen and oxygen atoms in total. The number of aromatic nitrogens is 3. The van der Waals surface area contributed by atoms with Gasteiger partial charge in [-0.2, -0.15) is 0 Å². The monoisotopic (exact) mass is 449 g/mol. The Morgan fingerprint density at radius 1 is 1.20 bits per heavy atom. The molecule has 0 spiro atoms. The minimum Gasteiger partial charge on any atom is -0.345 e. The van der Waals surface area contributed by atoms with E-state index in [1.807, 2.05) is 4.57 Å². The number of sulfonamides is 1. The molecule has 2 aromatic carbocycles. The highest BCUT2D eigenvalue weighted by Gasteiger charge is 2.26. The highest BCUT2D eigenvalue weighted by Crippen LogP contribution is 2.35. The van der Waals surface area contributed by atoms with Gasteiger partial charge in [-0.25, -0.2) is 12.8 Å². The Kier molecular flexibility index (Phi) is 5.44. The lowest BCUT2D eigenvalue weighted by atomic mass is 10.2.